The molecule has 10 heteroatoms. The van der Waals surface area contributed by atoms with Gasteiger partial charge in [-0.2, -0.15) is 0 Å². The van der Waals surface area contributed by atoms with Gasteiger partial charge in [-0.25, -0.2) is 18.1 Å². The molecule has 0 saturated heterocycles. The minimum Gasteiger partial charge on any atom is -0.494 e. The monoisotopic (exact) mass is 442 g/mol. The van der Waals surface area contributed by atoms with Gasteiger partial charge in [0.15, 0.2) is 5.82 Å². The minimum absolute atomic E-state index is 0.198. The number of nitrogens with one attached hydrogen (secondary N) is 3. The van der Waals surface area contributed by atoms with E-state index in [1.807, 2.05) is 32.9 Å². The van der Waals surface area contributed by atoms with Gasteiger partial charge in [0.2, 0.25) is 10.0 Å². The highest BCUT2D eigenvalue weighted by molar-refractivity contribution is 7.89. The average molecular weight is 443 g/mol. The molecule has 0 aliphatic carbocycles. The van der Waals surface area contributed by atoms with Gasteiger partial charge in [0.25, 0.3) is 0 Å². The maximum absolute atomic E-state index is 12.5. The van der Waals surface area contributed by atoms with Gasteiger partial charge in [-0.1, -0.05) is 0 Å². The predicted octanol–water partition coefficient (Wildman–Crippen LogP) is 3.02. The first kappa shape index (κ1) is 22.4. The molecule has 0 spiro atoms. The van der Waals surface area contributed by atoms with Gasteiger partial charge < -0.3 is 15.4 Å². The Balaban J connectivity index is 1.49. The van der Waals surface area contributed by atoms with Crippen LogP contribution in [0.5, 0.6) is 5.75 Å². The first-order chi connectivity index (χ1) is 14.9. The molecule has 0 atom stereocenters. The molecule has 0 unspecified atom stereocenters. The number of benzene rings is 1. The van der Waals surface area contributed by atoms with Gasteiger partial charge >= 0.3 is 0 Å². The lowest BCUT2D eigenvalue weighted by Gasteiger charge is -2.11. The van der Waals surface area contributed by atoms with Crippen LogP contribution in [-0.2, 0) is 10.0 Å². The summed E-state index contributed by atoms with van der Waals surface area (Å²) < 4.78 is 33.0. The molecule has 3 rings (SSSR count). The third-order valence-corrected chi connectivity index (χ3v) is 5.77. The van der Waals surface area contributed by atoms with Crippen LogP contribution in [0.4, 0.5) is 17.5 Å². The van der Waals surface area contributed by atoms with Crippen LogP contribution in [0, 0.1) is 13.8 Å². The Labute approximate surface area is 182 Å². The summed E-state index contributed by atoms with van der Waals surface area (Å²) in [5.74, 6) is 2.47. The number of ether oxygens (including phenoxy) is 1. The zero-order valence-electron chi connectivity index (χ0n) is 17.7. The zero-order chi connectivity index (χ0) is 22.3. The molecule has 3 N–H and O–H groups in total. The Morgan fingerprint density at radius 3 is 2.39 bits per heavy atom. The van der Waals surface area contributed by atoms with E-state index in [1.54, 1.807) is 30.5 Å². The molecular formula is C21H26N6O3S. The summed E-state index contributed by atoms with van der Waals surface area (Å²) in [6.07, 6.45) is 1.72. The fourth-order valence-corrected chi connectivity index (χ4v) is 3.91. The number of aryl methyl sites for hydroxylation is 2. The van der Waals surface area contributed by atoms with Gasteiger partial charge in [0, 0.05) is 19.3 Å². The van der Waals surface area contributed by atoms with Crippen molar-refractivity contribution >= 4 is 27.5 Å². The lowest BCUT2D eigenvalue weighted by molar-refractivity contribution is 0.337. The van der Waals surface area contributed by atoms with Crippen LogP contribution in [-0.4, -0.2) is 43.3 Å². The summed E-state index contributed by atoms with van der Waals surface area (Å²) in [5.41, 5.74) is 1.86. The van der Waals surface area contributed by atoms with E-state index < -0.39 is 10.0 Å². The molecule has 31 heavy (non-hydrogen) atoms. The highest BCUT2D eigenvalue weighted by atomic mass is 32.2. The van der Waals surface area contributed by atoms with Gasteiger partial charge in [-0.15, -0.1) is 10.2 Å². The quantitative estimate of drug-likeness (QED) is 0.410. The summed E-state index contributed by atoms with van der Waals surface area (Å²) in [4.78, 5) is 4.42. The van der Waals surface area contributed by atoms with E-state index in [4.69, 9.17) is 4.74 Å². The molecule has 9 nitrogen and oxygen atoms in total. The van der Waals surface area contributed by atoms with E-state index in [-0.39, 0.29) is 11.4 Å². The summed E-state index contributed by atoms with van der Waals surface area (Å²) in [5, 5.41) is 14.3. The van der Waals surface area contributed by atoms with Crippen molar-refractivity contribution in [3.63, 3.8) is 0 Å². The van der Waals surface area contributed by atoms with E-state index in [9.17, 15) is 8.42 Å². The lowest BCUT2D eigenvalue weighted by Crippen LogP contribution is -2.29. The highest BCUT2D eigenvalue weighted by Gasteiger charge is 2.15. The van der Waals surface area contributed by atoms with Gasteiger partial charge in [-0.05, 0) is 74.4 Å². The Morgan fingerprint density at radius 2 is 1.71 bits per heavy atom. The van der Waals surface area contributed by atoms with Crippen molar-refractivity contribution in [2.24, 2.45) is 0 Å². The van der Waals surface area contributed by atoms with Crippen LogP contribution in [0.25, 0.3) is 0 Å². The Hall–Kier alpha value is -3.24. The molecule has 0 aliphatic rings. The molecule has 0 amide bonds. The standard InChI is InChI=1S/C21H26N6O3S/c1-4-30-18-6-5-17(14-16(18)3)31(28,29)24-12-11-23-19-7-8-20(27-26-19)25-21-13-15(2)9-10-22-21/h5-10,13-14,24H,4,11-12H2,1-3H3,(H,23,26)(H,22,25,27). The highest BCUT2D eigenvalue weighted by Crippen LogP contribution is 2.21. The molecule has 2 aromatic heterocycles. The second-order valence-electron chi connectivity index (χ2n) is 6.83. The normalized spacial score (nSPS) is 11.2. The number of hydrogen-bond donors (Lipinski definition) is 3. The van der Waals surface area contributed by atoms with Gasteiger partial charge in [0.1, 0.15) is 17.4 Å². The number of sulfonamides is 1. The Bertz CT molecular complexity index is 1120. The van der Waals surface area contributed by atoms with E-state index in [1.165, 1.54) is 6.07 Å². The molecule has 0 bridgehead atoms. The fraction of sp³-hybridized carbons (Fsp3) is 0.286. The molecule has 164 valence electrons. The number of rotatable bonds is 10. The molecule has 0 fully saturated rings. The number of anilines is 3. The first-order valence-corrected chi connectivity index (χ1v) is 11.4. The molecule has 0 aliphatic heterocycles. The summed E-state index contributed by atoms with van der Waals surface area (Å²) in [6, 6.07) is 12.2. The molecule has 0 saturated carbocycles. The van der Waals surface area contributed by atoms with Crippen molar-refractivity contribution in [2.45, 2.75) is 25.7 Å². The number of hydrogen-bond acceptors (Lipinski definition) is 8. The topological polar surface area (TPSA) is 118 Å². The van der Waals surface area contributed by atoms with Crippen molar-refractivity contribution in [2.75, 3.05) is 30.3 Å². The molecule has 3 aromatic rings. The van der Waals surface area contributed by atoms with Crippen molar-refractivity contribution < 1.29 is 13.2 Å². The zero-order valence-corrected chi connectivity index (χ0v) is 18.5. The van der Waals surface area contributed by atoms with Crippen molar-refractivity contribution in [3.05, 3.63) is 59.8 Å². The second-order valence-corrected chi connectivity index (χ2v) is 8.60. The second kappa shape index (κ2) is 10.2. The molecule has 0 radical (unpaired) electrons. The first-order valence-electron chi connectivity index (χ1n) is 9.88. The van der Waals surface area contributed by atoms with E-state index in [0.717, 1.165) is 11.1 Å². The van der Waals surface area contributed by atoms with Crippen LogP contribution < -0.4 is 20.1 Å². The van der Waals surface area contributed by atoms with Crippen molar-refractivity contribution in [1.29, 1.82) is 0 Å². The molecule has 1 aromatic carbocycles. The number of aromatic nitrogens is 3. The van der Waals surface area contributed by atoms with Crippen LogP contribution in [0.3, 0.4) is 0 Å². The Morgan fingerprint density at radius 1 is 0.935 bits per heavy atom. The Kier molecular flexibility index (Phi) is 7.37. The third kappa shape index (κ3) is 6.37. The van der Waals surface area contributed by atoms with Crippen LogP contribution in [0.1, 0.15) is 18.1 Å². The van der Waals surface area contributed by atoms with E-state index in [0.29, 0.717) is 36.4 Å². The minimum atomic E-state index is -3.61. The van der Waals surface area contributed by atoms with Gasteiger partial charge in [-0.3, -0.25) is 0 Å². The smallest absolute Gasteiger partial charge is 0.240 e. The SMILES string of the molecule is CCOc1ccc(S(=O)(=O)NCCNc2ccc(Nc3cc(C)ccn3)nn2)cc1C. The predicted molar refractivity (Wildman–Crippen MR) is 120 cm³/mol. The summed E-state index contributed by atoms with van der Waals surface area (Å²) in [6.45, 7) is 6.77. The van der Waals surface area contributed by atoms with Crippen molar-refractivity contribution in [3.8, 4) is 5.75 Å². The largest absolute Gasteiger partial charge is 0.494 e. The number of nitrogens with zero attached hydrogens (tertiary/aromatic N) is 3. The number of pyridine rings is 1. The van der Waals surface area contributed by atoms with Crippen LogP contribution in [0.15, 0.2) is 53.6 Å². The van der Waals surface area contributed by atoms with E-state index in [2.05, 4.69) is 30.5 Å². The maximum Gasteiger partial charge on any atom is 0.240 e. The molecular weight excluding hydrogens is 416 g/mol. The average Bonchev–Trinajstić information content (AvgIpc) is 2.74. The van der Waals surface area contributed by atoms with E-state index >= 15 is 0 Å². The van der Waals surface area contributed by atoms with Crippen molar-refractivity contribution in [1.82, 2.24) is 19.9 Å². The maximum atomic E-state index is 12.5. The van der Waals surface area contributed by atoms with Crippen LogP contribution in [0.2, 0.25) is 0 Å². The fourth-order valence-electron chi connectivity index (χ4n) is 2.79. The summed E-state index contributed by atoms with van der Waals surface area (Å²) in [7, 11) is -3.61. The molecule has 2 heterocycles. The summed E-state index contributed by atoms with van der Waals surface area (Å²) >= 11 is 0. The van der Waals surface area contributed by atoms with Crippen LogP contribution >= 0.6 is 0 Å². The lowest BCUT2D eigenvalue weighted by atomic mass is 10.2. The third-order valence-electron chi connectivity index (χ3n) is 4.32. The van der Waals surface area contributed by atoms with Gasteiger partial charge in [0.05, 0.1) is 11.5 Å².